The van der Waals surface area contributed by atoms with Crippen LogP contribution in [0.25, 0.3) is 0 Å². The Bertz CT molecular complexity index is 121. The number of rotatable bonds is 6. The van der Waals surface area contributed by atoms with Crippen molar-refractivity contribution < 1.29 is 4.74 Å². The van der Waals surface area contributed by atoms with Crippen LogP contribution in [0.2, 0.25) is 0 Å². The van der Waals surface area contributed by atoms with Crippen LogP contribution in [0.1, 0.15) is 46.0 Å². The van der Waals surface area contributed by atoms with Gasteiger partial charge in [0.25, 0.3) is 0 Å². The Labute approximate surface area is 82.0 Å². The van der Waals surface area contributed by atoms with Gasteiger partial charge in [0.15, 0.2) is 0 Å². The molecule has 0 aromatic carbocycles. The van der Waals surface area contributed by atoms with Gasteiger partial charge in [0.1, 0.15) is 0 Å². The van der Waals surface area contributed by atoms with Crippen molar-refractivity contribution >= 4 is 0 Å². The van der Waals surface area contributed by atoms with Gasteiger partial charge < -0.3 is 10.1 Å². The first-order valence-corrected chi connectivity index (χ1v) is 5.69. The Morgan fingerprint density at radius 2 is 2.08 bits per heavy atom. The second kappa shape index (κ2) is 6.39. The van der Waals surface area contributed by atoms with Crippen LogP contribution < -0.4 is 5.32 Å². The van der Waals surface area contributed by atoms with Crippen LogP contribution in [0.3, 0.4) is 0 Å². The fourth-order valence-corrected chi connectivity index (χ4v) is 1.88. The third-order valence-corrected chi connectivity index (χ3v) is 2.59. The molecule has 1 rings (SSSR count). The van der Waals surface area contributed by atoms with Gasteiger partial charge in [0.2, 0.25) is 0 Å². The molecule has 0 aliphatic heterocycles. The Morgan fingerprint density at radius 3 is 2.69 bits per heavy atom. The molecule has 1 atom stereocenters. The summed E-state index contributed by atoms with van der Waals surface area (Å²) in [5.41, 5.74) is 0. The zero-order chi connectivity index (χ0) is 9.52. The molecule has 0 saturated heterocycles. The molecule has 78 valence electrons. The SMILES string of the molecule is CCCNCC(C)OC1CCCC1. The lowest BCUT2D eigenvalue weighted by Crippen LogP contribution is -2.30. The molecule has 2 nitrogen and oxygen atoms in total. The van der Waals surface area contributed by atoms with Crippen molar-refractivity contribution in [2.45, 2.75) is 58.2 Å². The van der Waals surface area contributed by atoms with Crippen LogP contribution in [0.5, 0.6) is 0 Å². The summed E-state index contributed by atoms with van der Waals surface area (Å²) in [5.74, 6) is 0. The molecule has 0 radical (unpaired) electrons. The third kappa shape index (κ3) is 4.63. The highest BCUT2D eigenvalue weighted by Crippen LogP contribution is 2.21. The van der Waals surface area contributed by atoms with Crippen LogP contribution in [0.4, 0.5) is 0 Å². The minimum absolute atomic E-state index is 0.384. The largest absolute Gasteiger partial charge is 0.374 e. The fraction of sp³-hybridized carbons (Fsp3) is 1.00. The molecule has 1 fully saturated rings. The van der Waals surface area contributed by atoms with E-state index in [0.29, 0.717) is 12.2 Å². The molecule has 0 aromatic rings. The molecule has 0 heterocycles. The highest BCUT2D eigenvalue weighted by Gasteiger charge is 2.17. The van der Waals surface area contributed by atoms with Gasteiger partial charge in [-0.1, -0.05) is 19.8 Å². The lowest BCUT2D eigenvalue weighted by molar-refractivity contribution is 0.00324. The summed E-state index contributed by atoms with van der Waals surface area (Å²) in [5, 5.41) is 3.38. The Kier molecular flexibility index (Phi) is 5.40. The highest BCUT2D eigenvalue weighted by molar-refractivity contribution is 4.69. The first-order valence-electron chi connectivity index (χ1n) is 5.69. The summed E-state index contributed by atoms with van der Waals surface area (Å²) in [6.45, 7) is 6.47. The van der Waals surface area contributed by atoms with Gasteiger partial charge in [-0.2, -0.15) is 0 Å². The molecule has 0 aromatic heterocycles. The summed E-state index contributed by atoms with van der Waals surface area (Å²) < 4.78 is 5.90. The zero-order valence-corrected chi connectivity index (χ0v) is 9.01. The van der Waals surface area contributed by atoms with E-state index in [4.69, 9.17) is 4.74 Å². The van der Waals surface area contributed by atoms with Gasteiger partial charge in [-0.25, -0.2) is 0 Å². The van der Waals surface area contributed by atoms with Crippen molar-refractivity contribution in [3.8, 4) is 0 Å². The molecule has 1 saturated carbocycles. The van der Waals surface area contributed by atoms with Crippen LogP contribution in [0, 0.1) is 0 Å². The van der Waals surface area contributed by atoms with Crippen LogP contribution in [-0.4, -0.2) is 25.3 Å². The molecule has 0 amide bonds. The van der Waals surface area contributed by atoms with Gasteiger partial charge in [-0.05, 0) is 32.7 Å². The maximum Gasteiger partial charge on any atom is 0.0675 e. The van der Waals surface area contributed by atoms with Crippen molar-refractivity contribution in [3.05, 3.63) is 0 Å². The molecular formula is C11H23NO. The highest BCUT2D eigenvalue weighted by atomic mass is 16.5. The van der Waals surface area contributed by atoms with E-state index in [0.717, 1.165) is 13.1 Å². The summed E-state index contributed by atoms with van der Waals surface area (Å²) in [4.78, 5) is 0. The lowest BCUT2D eigenvalue weighted by atomic mass is 10.3. The lowest BCUT2D eigenvalue weighted by Gasteiger charge is -2.18. The molecule has 1 aliphatic rings. The first-order chi connectivity index (χ1) is 6.33. The van der Waals surface area contributed by atoms with E-state index in [9.17, 15) is 0 Å². The van der Waals surface area contributed by atoms with E-state index < -0.39 is 0 Å². The summed E-state index contributed by atoms with van der Waals surface area (Å²) >= 11 is 0. The second-order valence-corrected chi connectivity index (χ2v) is 4.06. The number of hydrogen-bond acceptors (Lipinski definition) is 2. The molecule has 1 unspecified atom stereocenters. The number of hydrogen-bond donors (Lipinski definition) is 1. The fourth-order valence-electron chi connectivity index (χ4n) is 1.88. The number of nitrogens with one attached hydrogen (secondary N) is 1. The molecule has 1 N–H and O–H groups in total. The minimum atomic E-state index is 0.384. The standard InChI is InChI=1S/C11H23NO/c1-3-8-12-9-10(2)13-11-6-4-5-7-11/h10-12H,3-9H2,1-2H3. The van der Waals surface area contributed by atoms with E-state index in [1.165, 1.54) is 32.1 Å². The topological polar surface area (TPSA) is 21.3 Å². The van der Waals surface area contributed by atoms with E-state index in [1.54, 1.807) is 0 Å². The van der Waals surface area contributed by atoms with E-state index >= 15 is 0 Å². The van der Waals surface area contributed by atoms with Crippen LogP contribution in [0.15, 0.2) is 0 Å². The molecule has 1 aliphatic carbocycles. The average Bonchev–Trinajstić information content (AvgIpc) is 2.57. The zero-order valence-electron chi connectivity index (χ0n) is 9.01. The normalized spacial score (nSPS) is 20.8. The number of ether oxygens (including phenoxy) is 1. The van der Waals surface area contributed by atoms with Gasteiger partial charge >= 0.3 is 0 Å². The van der Waals surface area contributed by atoms with Gasteiger partial charge in [-0.15, -0.1) is 0 Å². The quantitative estimate of drug-likeness (QED) is 0.641. The van der Waals surface area contributed by atoms with Gasteiger partial charge in [0.05, 0.1) is 12.2 Å². The smallest absolute Gasteiger partial charge is 0.0675 e. The van der Waals surface area contributed by atoms with Crippen molar-refractivity contribution in [2.24, 2.45) is 0 Å². The van der Waals surface area contributed by atoms with Crippen molar-refractivity contribution in [1.29, 1.82) is 0 Å². The predicted octanol–water partition coefficient (Wildman–Crippen LogP) is 2.33. The van der Waals surface area contributed by atoms with Gasteiger partial charge in [0, 0.05) is 6.54 Å². The molecule has 0 spiro atoms. The third-order valence-electron chi connectivity index (χ3n) is 2.59. The molecule has 2 heteroatoms. The Balaban J connectivity index is 1.99. The summed E-state index contributed by atoms with van der Waals surface area (Å²) in [6.07, 6.45) is 7.42. The Morgan fingerprint density at radius 1 is 1.38 bits per heavy atom. The molecule has 0 bridgehead atoms. The van der Waals surface area contributed by atoms with Gasteiger partial charge in [-0.3, -0.25) is 0 Å². The average molecular weight is 185 g/mol. The monoisotopic (exact) mass is 185 g/mol. The minimum Gasteiger partial charge on any atom is -0.374 e. The van der Waals surface area contributed by atoms with Crippen molar-refractivity contribution in [3.63, 3.8) is 0 Å². The molecular weight excluding hydrogens is 162 g/mol. The Hall–Kier alpha value is -0.0800. The van der Waals surface area contributed by atoms with E-state index in [2.05, 4.69) is 19.2 Å². The van der Waals surface area contributed by atoms with Crippen LogP contribution >= 0.6 is 0 Å². The molecule has 13 heavy (non-hydrogen) atoms. The van der Waals surface area contributed by atoms with E-state index in [1.807, 2.05) is 0 Å². The predicted molar refractivity (Wildman–Crippen MR) is 56.0 cm³/mol. The van der Waals surface area contributed by atoms with Crippen molar-refractivity contribution in [1.82, 2.24) is 5.32 Å². The first kappa shape index (κ1) is 11.0. The van der Waals surface area contributed by atoms with Crippen molar-refractivity contribution in [2.75, 3.05) is 13.1 Å². The summed E-state index contributed by atoms with van der Waals surface area (Å²) in [6, 6.07) is 0. The maximum absolute atomic E-state index is 5.90. The summed E-state index contributed by atoms with van der Waals surface area (Å²) in [7, 11) is 0. The second-order valence-electron chi connectivity index (χ2n) is 4.06. The van der Waals surface area contributed by atoms with E-state index in [-0.39, 0.29) is 0 Å². The maximum atomic E-state index is 5.90. The van der Waals surface area contributed by atoms with Crippen LogP contribution in [-0.2, 0) is 4.74 Å².